The van der Waals surface area contributed by atoms with E-state index in [2.05, 4.69) is 109 Å². The van der Waals surface area contributed by atoms with Gasteiger partial charge >= 0.3 is 394 Å². The summed E-state index contributed by atoms with van der Waals surface area (Å²) in [6, 6.07) is 10.7. The van der Waals surface area contributed by atoms with Gasteiger partial charge in [-0.1, -0.05) is 39.5 Å². The molecule has 3 aromatic heterocycles. The molecule has 3 rings (SSSR count). The summed E-state index contributed by atoms with van der Waals surface area (Å²) in [6.45, 7) is 19.3. The van der Waals surface area contributed by atoms with Gasteiger partial charge in [-0.3, -0.25) is 0 Å². The summed E-state index contributed by atoms with van der Waals surface area (Å²) in [5, 5.41) is 0. The van der Waals surface area contributed by atoms with Crippen LogP contribution in [-0.2, 0) is 12.8 Å². The Kier molecular flexibility index (Phi) is 34.7. The molecule has 0 spiro atoms. The first-order valence-electron chi connectivity index (χ1n) is 29.6. The van der Waals surface area contributed by atoms with E-state index in [1.165, 1.54) is 230 Å². The first-order chi connectivity index (χ1) is 32.4. The summed E-state index contributed by atoms with van der Waals surface area (Å²) in [6.07, 6.45) is 49.7. The summed E-state index contributed by atoms with van der Waals surface area (Å²) in [5.41, 5.74) is 6.02. The molecule has 0 bridgehead atoms. The Balaban J connectivity index is 2.00. The van der Waals surface area contributed by atoms with Crippen molar-refractivity contribution >= 4 is 65.2 Å². The maximum atomic E-state index is 5.54. The number of hydrogen-bond donors (Lipinski definition) is 0. The predicted octanol–water partition coefficient (Wildman–Crippen LogP) is 21.6. The monoisotopic (exact) mass is 1160 g/mol. The van der Waals surface area contributed by atoms with Crippen LogP contribution in [0.25, 0.3) is 21.0 Å². The second-order valence-corrected chi connectivity index (χ2v) is 51.8. The summed E-state index contributed by atoms with van der Waals surface area (Å²) in [7, 11) is 0. The topological polar surface area (TPSA) is 12.9 Å². The van der Waals surface area contributed by atoms with Crippen LogP contribution in [0.15, 0.2) is 30.5 Å². The SMILES string of the molecule is CCCCCCCCCCCCc1c[c]([Sn]([CH2]CCC)([CH2]CCC)[CH2]CCC)sc1-c1ccc(-c2s[c]([Sn]([CH2]CCC)([CH2]CCC)[CH2]CCC)cc2CCCCCCCCCCCC)nc1. The van der Waals surface area contributed by atoms with E-state index in [0.717, 1.165) is 0 Å². The van der Waals surface area contributed by atoms with Gasteiger partial charge in [0.15, 0.2) is 0 Å². The Bertz CT molecular complexity index is 1430. The number of pyridine rings is 1. The molecule has 3 heterocycles. The van der Waals surface area contributed by atoms with E-state index in [4.69, 9.17) is 4.98 Å². The minimum absolute atomic E-state index is 1.24. The zero-order valence-electron chi connectivity index (χ0n) is 45.4. The molecule has 0 saturated heterocycles. The summed E-state index contributed by atoms with van der Waals surface area (Å²) in [5.74, 6) is 0. The summed E-state index contributed by atoms with van der Waals surface area (Å²) >= 11 is -0.648. The van der Waals surface area contributed by atoms with Gasteiger partial charge in [-0.2, -0.15) is 0 Å². The van der Waals surface area contributed by atoms with Crippen molar-refractivity contribution in [1.29, 1.82) is 0 Å². The third kappa shape index (κ3) is 21.9. The van der Waals surface area contributed by atoms with Crippen molar-refractivity contribution in [2.24, 2.45) is 0 Å². The maximum absolute atomic E-state index is 5.54. The van der Waals surface area contributed by atoms with Crippen LogP contribution in [0.5, 0.6) is 0 Å². The van der Waals surface area contributed by atoms with Crippen molar-refractivity contribution < 1.29 is 0 Å². The van der Waals surface area contributed by atoms with E-state index in [-0.39, 0.29) is 0 Å². The third-order valence-corrected chi connectivity index (χ3v) is 54.4. The summed E-state index contributed by atoms with van der Waals surface area (Å²) in [4.78, 5) is 8.68. The Morgan fingerprint density at radius 2 is 0.652 bits per heavy atom. The van der Waals surface area contributed by atoms with E-state index in [9.17, 15) is 0 Å². The van der Waals surface area contributed by atoms with Crippen LogP contribution in [0.3, 0.4) is 0 Å². The normalized spacial score (nSPS) is 12.2. The van der Waals surface area contributed by atoms with Crippen LogP contribution >= 0.6 is 22.7 Å². The van der Waals surface area contributed by atoms with Crippen LogP contribution in [0.2, 0.25) is 26.6 Å². The molecule has 0 atom stereocenters. The van der Waals surface area contributed by atoms with Crippen LogP contribution in [0.4, 0.5) is 0 Å². The molecule has 5 heteroatoms. The molecule has 378 valence electrons. The molecule has 0 amide bonds. The van der Waals surface area contributed by atoms with Crippen molar-refractivity contribution in [3.8, 4) is 21.0 Å². The fourth-order valence-corrected chi connectivity index (χ4v) is 51.8. The molecular formula is C61H109NS2Sn2. The van der Waals surface area contributed by atoms with Gasteiger partial charge < -0.3 is 0 Å². The van der Waals surface area contributed by atoms with E-state index in [0.29, 0.717) is 0 Å². The van der Waals surface area contributed by atoms with Crippen LogP contribution in [0.1, 0.15) is 272 Å². The Labute approximate surface area is 429 Å². The quantitative estimate of drug-likeness (QED) is 0.0406. The number of thiophene rings is 2. The average Bonchev–Trinajstić information content (AvgIpc) is 3.98. The van der Waals surface area contributed by atoms with Gasteiger partial charge in [0.25, 0.3) is 0 Å². The van der Waals surface area contributed by atoms with Gasteiger partial charge in [0.2, 0.25) is 0 Å². The predicted molar refractivity (Wildman–Crippen MR) is 311 cm³/mol. The zero-order valence-corrected chi connectivity index (χ0v) is 52.8. The molecule has 66 heavy (non-hydrogen) atoms. The number of hydrogen-bond acceptors (Lipinski definition) is 3. The molecule has 0 saturated carbocycles. The molecule has 0 radical (unpaired) electrons. The molecule has 0 aliphatic heterocycles. The van der Waals surface area contributed by atoms with Crippen molar-refractivity contribution in [2.45, 2.75) is 300 Å². The van der Waals surface area contributed by atoms with Crippen molar-refractivity contribution in [3.05, 3.63) is 41.6 Å². The fourth-order valence-electron chi connectivity index (χ4n) is 11.1. The second-order valence-electron chi connectivity index (χ2n) is 21.4. The summed E-state index contributed by atoms with van der Waals surface area (Å²) < 4.78 is 13.2. The van der Waals surface area contributed by atoms with Gasteiger partial charge in [0.05, 0.1) is 0 Å². The molecule has 0 aliphatic rings. The second kappa shape index (κ2) is 37.9. The average molecular weight is 1160 g/mol. The molecule has 0 fully saturated rings. The van der Waals surface area contributed by atoms with Gasteiger partial charge in [0.1, 0.15) is 0 Å². The van der Waals surface area contributed by atoms with Gasteiger partial charge in [-0.15, -0.1) is 0 Å². The Hall–Kier alpha value is 0.147. The molecule has 0 unspecified atom stereocenters. The molecule has 3 aromatic rings. The molecule has 1 nitrogen and oxygen atoms in total. The minimum atomic E-state index is -2.59. The first kappa shape index (κ1) is 60.5. The van der Waals surface area contributed by atoms with Crippen molar-refractivity contribution in [3.63, 3.8) is 0 Å². The number of unbranched alkanes of at least 4 members (excludes halogenated alkanes) is 24. The van der Waals surface area contributed by atoms with Crippen LogP contribution < -0.4 is 5.79 Å². The van der Waals surface area contributed by atoms with Crippen molar-refractivity contribution in [1.82, 2.24) is 4.98 Å². The van der Waals surface area contributed by atoms with Gasteiger partial charge in [-0.25, -0.2) is 0 Å². The Morgan fingerprint density at radius 1 is 0.348 bits per heavy atom. The van der Waals surface area contributed by atoms with Crippen molar-refractivity contribution in [2.75, 3.05) is 0 Å². The van der Waals surface area contributed by atoms with Gasteiger partial charge in [0, 0.05) is 0 Å². The zero-order chi connectivity index (χ0) is 47.6. The van der Waals surface area contributed by atoms with Gasteiger partial charge in [-0.05, 0) is 0 Å². The number of aryl methyl sites for hydroxylation is 2. The number of nitrogens with zero attached hydrogens (tertiary/aromatic N) is 1. The number of aromatic nitrogens is 1. The van der Waals surface area contributed by atoms with Crippen LogP contribution in [-0.4, -0.2) is 41.7 Å². The van der Waals surface area contributed by atoms with E-state index >= 15 is 0 Å². The van der Waals surface area contributed by atoms with E-state index in [1.807, 2.05) is 5.79 Å². The van der Waals surface area contributed by atoms with Crippen LogP contribution in [0, 0.1) is 0 Å². The molecule has 0 N–H and O–H groups in total. The fraction of sp³-hybridized carbons (Fsp3) is 0.787. The molecule has 0 aromatic carbocycles. The Morgan fingerprint density at radius 3 is 0.970 bits per heavy atom. The first-order valence-corrected chi connectivity index (χ1v) is 46.2. The third-order valence-electron chi connectivity index (χ3n) is 15.6. The van der Waals surface area contributed by atoms with E-state index < -0.39 is 36.8 Å². The molecular weight excluding hydrogens is 1050 g/mol. The standard InChI is InChI=1S/C37H55NS2.6C4H9.2Sn/c1-3-5-7-9-11-13-15-17-19-21-23-32-27-29-39-36(32)34-25-26-35(38-31-34)37-33(28-30-40-37)24-22-20-18-16-14-12-10-8-6-4-2;6*1-3-4-2;;/h25-28,31H,3-24H2,1-2H3;6*1,3-4H2,2H3;;. The molecule has 0 aliphatic carbocycles. The number of rotatable bonds is 44. The van der Waals surface area contributed by atoms with E-state index in [1.54, 1.807) is 47.5 Å².